The van der Waals surface area contributed by atoms with Crippen LogP contribution in [0.25, 0.3) is 66.9 Å². The van der Waals surface area contributed by atoms with Crippen molar-refractivity contribution in [3.63, 3.8) is 0 Å². The Morgan fingerprint density at radius 2 is 1.28 bits per heavy atom. The van der Waals surface area contributed by atoms with Crippen molar-refractivity contribution in [1.29, 1.82) is 0 Å². The van der Waals surface area contributed by atoms with Crippen LogP contribution in [0.5, 0.6) is 0 Å². The number of furan rings is 2. The van der Waals surface area contributed by atoms with Gasteiger partial charge in [0.15, 0.2) is 0 Å². The van der Waals surface area contributed by atoms with Gasteiger partial charge in [-0.1, -0.05) is 73.4 Å². The van der Waals surface area contributed by atoms with Gasteiger partial charge in [0.05, 0.1) is 11.4 Å². The third-order valence-electron chi connectivity index (χ3n) is 9.63. The monoisotopic (exact) mass is 592 g/mol. The van der Waals surface area contributed by atoms with Crippen LogP contribution in [0.15, 0.2) is 148 Å². The first-order valence-corrected chi connectivity index (χ1v) is 15.7. The summed E-state index contributed by atoms with van der Waals surface area (Å²) in [6.07, 6.45) is 14.0. The summed E-state index contributed by atoms with van der Waals surface area (Å²) < 4.78 is 15.2. The van der Waals surface area contributed by atoms with Crippen molar-refractivity contribution in [2.75, 3.05) is 4.90 Å². The average molecular weight is 593 g/mol. The van der Waals surface area contributed by atoms with Crippen molar-refractivity contribution >= 4 is 84.0 Å². The summed E-state index contributed by atoms with van der Waals surface area (Å²) in [7, 11) is 0. The topological polar surface area (TPSA) is 34.5 Å². The zero-order valence-electron chi connectivity index (χ0n) is 25.0. The van der Waals surface area contributed by atoms with Crippen LogP contribution >= 0.6 is 0 Å². The van der Waals surface area contributed by atoms with Crippen LogP contribution in [-0.4, -0.2) is 4.57 Å². The second-order valence-corrected chi connectivity index (χ2v) is 12.2. The number of hydrogen-bond donors (Lipinski definition) is 0. The molecule has 0 spiro atoms. The molecule has 3 aromatic heterocycles. The molecule has 4 heterocycles. The number of benzene rings is 5. The molecule has 0 bridgehead atoms. The van der Waals surface area contributed by atoms with Gasteiger partial charge in [-0.05, 0) is 72.7 Å². The lowest BCUT2D eigenvalue weighted by atomic mass is 10.00. The van der Waals surface area contributed by atoms with Crippen LogP contribution in [0.1, 0.15) is 12.5 Å². The molecule has 46 heavy (non-hydrogen) atoms. The Balaban J connectivity index is 1.22. The zero-order chi connectivity index (χ0) is 30.4. The zero-order valence-corrected chi connectivity index (χ0v) is 25.0. The highest BCUT2D eigenvalue weighted by Gasteiger charge is 2.26. The van der Waals surface area contributed by atoms with Gasteiger partial charge in [0.25, 0.3) is 0 Å². The minimum atomic E-state index is 0.322. The van der Waals surface area contributed by atoms with Crippen LogP contribution < -0.4 is 15.5 Å². The molecule has 2 aliphatic rings. The van der Waals surface area contributed by atoms with Gasteiger partial charge in [-0.2, -0.15) is 0 Å². The minimum Gasteiger partial charge on any atom is -0.456 e. The molecule has 1 aliphatic heterocycles. The molecule has 1 atom stereocenters. The number of nitrogens with zero attached hydrogens (tertiary/aromatic N) is 2. The second kappa shape index (κ2) is 9.50. The number of rotatable bonds is 4. The second-order valence-electron chi connectivity index (χ2n) is 12.2. The van der Waals surface area contributed by atoms with E-state index in [4.69, 9.17) is 8.83 Å². The predicted molar refractivity (Wildman–Crippen MR) is 190 cm³/mol. The SMILES string of the molecule is C=CC=c1c2n(c3ccc(N(c4ccc5c(c4)oc4ccccc45)c4ccc5c(c4)oc4ccccc45)cc13)C1CC=CC=C1C=2. The molecule has 0 saturated carbocycles. The van der Waals surface area contributed by atoms with E-state index in [-0.39, 0.29) is 0 Å². The van der Waals surface area contributed by atoms with Crippen molar-refractivity contribution in [3.8, 4) is 0 Å². The van der Waals surface area contributed by atoms with E-state index < -0.39 is 0 Å². The number of allylic oxidation sites excluding steroid dienone is 5. The van der Waals surface area contributed by atoms with E-state index in [0.29, 0.717) is 6.04 Å². The van der Waals surface area contributed by atoms with E-state index in [1.54, 1.807) is 0 Å². The molecule has 4 heteroatoms. The molecule has 0 saturated heterocycles. The van der Waals surface area contributed by atoms with Crippen molar-refractivity contribution in [1.82, 2.24) is 4.57 Å². The summed E-state index contributed by atoms with van der Waals surface area (Å²) in [6.45, 7) is 4.07. The highest BCUT2D eigenvalue weighted by molar-refractivity contribution is 6.08. The van der Waals surface area contributed by atoms with Crippen molar-refractivity contribution in [3.05, 3.63) is 150 Å². The lowest BCUT2D eigenvalue weighted by Gasteiger charge is -2.26. The third kappa shape index (κ3) is 3.55. The molecule has 0 fully saturated rings. The molecular weight excluding hydrogens is 564 g/mol. The maximum atomic E-state index is 6.36. The molecular formula is C42H28N2O2. The van der Waals surface area contributed by atoms with Crippen molar-refractivity contribution in [2.24, 2.45) is 0 Å². The fourth-order valence-electron chi connectivity index (χ4n) is 7.61. The van der Waals surface area contributed by atoms with E-state index >= 15 is 0 Å². The van der Waals surface area contributed by atoms with Gasteiger partial charge in [0.2, 0.25) is 0 Å². The van der Waals surface area contributed by atoms with Gasteiger partial charge < -0.3 is 18.3 Å². The van der Waals surface area contributed by atoms with E-state index in [0.717, 1.165) is 67.4 Å². The average Bonchev–Trinajstić information content (AvgIpc) is 3.83. The normalized spacial score (nSPS) is 16.0. The van der Waals surface area contributed by atoms with Gasteiger partial charge in [-0.15, -0.1) is 0 Å². The smallest absolute Gasteiger partial charge is 0.137 e. The Hall–Kier alpha value is -6.00. The standard InChI is InChI=1S/C42H28N2O2/c1-2-9-30-35-23-27(18-21-37(35)44-36-13-6-3-10-26(36)22-38(30)44)43(28-16-19-33-31-11-4-7-14-39(31)45-41(33)24-28)29-17-20-34-32-12-5-8-15-40(32)46-42(34)25-29/h2-12,14-25,36H,1,13H2. The fraction of sp³-hybridized carbons (Fsp3) is 0.0476. The minimum absolute atomic E-state index is 0.322. The summed E-state index contributed by atoms with van der Waals surface area (Å²) >= 11 is 0. The van der Waals surface area contributed by atoms with Crippen LogP contribution in [-0.2, 0) is 0 Å². The molecule has 10 rings (SSSR count). The summed E-state index contributed by atoms with van der Waals surface area (Å²) in [4.78, 5) is 2.30. The van der Waals surface area contributed by atoms with E-state index in [9.17, 15) is 0 Å². The number of hydrogen-bond acceptors (Lipinski definition) is 3. The van der Waals surface area contributed by atoms with Crippen LogP contribution in [0.3, 0.4) is 0 Å². The molecule has 0 amide bonds. The Kier molecular flexibility index (Phi) is 5.23. The molecule has 1 aliphatic carbocycles. The molecule has 1 unspecified atom stereocenters. The summed E-state index contributed by atoms with van der Waals surface area (Å²) in [5, 5.41) is 8.10. The molecule has 218 valence electrons. The first-order chi connectivity index (χ1) is 22.7. The van der Waals surface area contributed by atoms with Gasteiger partial charge in [-0.25, -0.2) is 0 Å². The van der Waals surface area contributed by atoms with Crippen LogP contribution in [0, 0.1) is 0 Å². The van der Waals surface area contributed by atoms with Gasteiger partial charge >= 0.3 is 0 Å². The summed E-state index contributed by atoms with van der Waals surface area (Å²) in [5.74, 6) is 0. The van der Waals surface area contributed by atoms with E-state index in [1.807, 2.05) is 30.3 Å². The molecule has 5 aromatic carbocycles. The highest BCUT2D eigenvalue weighted by Crippen LogP contribution is 2.42. The molecule has 0 radical (unpaired) electrons. The molecule has 0 N–H and O–H groups in total. The summed E-state index contributed by atoms with van der Waals surface area (Å²) in [6, 6.07) is 36.6. The molecule has 4 nitrogen and oxygen atoms in total. The van der Waals surface area contributed by atoms with E-state index in [1.165, 1.54) is 27.0 Å². The fourth-order valence-corrected chi connectivity index (χ4v) is 7.61. The highest BCUT2D eigenvalue weighted by atomic mass is 16.3. The Labute approximate surface area is 264 Å². The summed E-state index contributed by atoms with van der Waals surface area (Å²) in [5.41, 5.74) is 9.17. The number of fused-ring (bicyclic) bond motifs is 11. The van der Waals surface area contributed by atoms with Gasteiger partial charge in [0.1, 0.15) is 22.3 Å². The quantitative estimate of drug-likeness (QED) is 0.204. The molecule has 8 aromatic rings. The first kappa shape index (κ1) is 25.3. The van der Waals surface area contributed by atoms with E-state index in [2.05, 4.69) is 125 Å². The maximum absolute atomic E-state index is 6.36. The van der Waals surface area contributed by atoms with Gasteiger partial charge in [0, 0.05) is 66.9 Å². The largest absolute Gasteiger partial charge is 0.456 e. The Morgan fingerprint density at radius 3 is 1.96 bits per heavy atom. The number of aromatic nitrogens is 1. The third-order valence-corrected chi connectivity index (χ3v) is 9.63. The Morgan fingerprint density at radius 1 is 0.674 bits per heavy atom. The number of anilines is 3. The predicted octanol–water partition coefficient (Wildman–Crippen LogP) is 10.1. The number of para-hydroxylation sites is 2. The van der Waals surface area contributed by atoms with Crippen molar-refractivity contribution in [2.45, 2.75) is 12.5 Å². The maximum Gasteiger partial charge on any atom is 0.137 e. The van der Waals surface area contributed by atoms with Gasteiger partial charge in [-0.3, -0.25) is 0 Å². The van der Waals surface area contributed by atoms with Crippen LogP contribution in [0.2, 0.25) is 0 Å². The van der Waals surface area contributed by atoms with Crippen molar-refractivity contribution < 1.29 is 8.83 Å². The lowest BCUT2D eigenvalue weighted by molar-refractivity contribution is 0.618. The lowest BCUT2D eigenvalue weighted by Crippen LogP contribution is -2.26. The Bertz CT molecular complexity index is 2650. The van der Waals surface area contributed by atoms with Crippen LogP contribution in [0.4, 0.5) is 17.1 Å². The first-order valence-electron chi connectivity index (χ1n) is 15.7.